The summed E-state index contributed by atoms with van der Waals surface area (Å²) in [6, 6.07) is 10.7. The van der Waals surface area contributed by atoms with Crippen LogP contribution in [0.1, 0.15) is 36.0 Å². The number of hydrogen-bond acceptors (Lipinski definition) is 6. The summed E-state index contributed by atoms with van der Waals surface area (Å²) in [4.78, 5) is 31.5. The van der Waals surface area contributed by atoms with Crippen LogP contribution in [0.4, 0.5) is 11.4 Å². The maximum absolute atomic E-state index is 12.9. The second kappa shape index (κ2) is 9.72. The van der Waals surface area contributed by atoms with Crippen LogP contribution in [-0.4, -0.2) is 56.3 Å². The second-order valence-electron chi connectivity index (χ2n) is 7.74. The number of carbonyl (C=O) groups excluding carboxylic acids is 2. The molecule has 0 spiro atoms. The summed E-state index contributed by atoms with van der Waals surface area (Å²) in [6.07, 6.45) is 4.60. The molecule has 2 aromatic carbocycles. The molecule has 0 radical (unpaired) electrons. The van der Waals surface area contributed by atoms with E-state index >= 15 is 0 Å². The van der Waals surface area contributed by atoms with Crippen molar-refractivity contribution >= 4 is 29.4 Å². The zero-order chi connectivity index (χ0) is 22.5. The summed E-state index contributed by atoms with van der Waals surface area (Å²) in [6.45, 7) is 1.08. The van der Waals surface area contributed by atoms with Crippen molar-refractivity contribution in [2.45, 2.75) is 31.7 Å². The lowest BCUT2D eigenvalue weighted by Gasteiger charge is -2.20. The van der Waals surface area contributed by atoms with Gasteiger partial charge >= 0.3 is 0 Å². The minimum absolute atomic E-state index is 0.0277. The smallest absolute Gasteiger partial charge is 0.256 e. The number of rotatable bonds is 8. The zero-order valence-corrected chi connectivity index (χ0v) is 18.3. The standard InChI is InChI=1S/C24H27N3O5/c1-30-18-9-7-16(8-10-18)26-23(28)6-4-12-32-22-14-20-19(13-21(22)31-2)24(29)27-11-3-5-17(27)15-25-20/h7-10,13-15,17H,3-6,11-12H2,1-2H3,(H,26,28)/t17-/m0/s1. The number of carbonyl (C=O) groups is 2. The third-order valence-electron chi connectivity index (χ3n) is 5.64. The van der Waals surface area contributed by atoms with Crippen molar-refractivity contribution in [1.29, 1.82) is 0 Å². The Morgan fingerprint density at radius 3 is 2.72 bits per heavy atom. The number of aliphatic imine (C=N–C) groups is 1. The molecule has 8 nitrogen and oxygen atoms in total. The molecule has 8 heteroatoms. The number of amides is 2. The first-order valence-corrected chi connectivity index (χ1v) is 10.7. The minimum atomic E-state index is -0.0940. The highest BCUT2D eigenvalue weighted by atomic mass is 16.5. The van der Waals surface area contributed by atoms with E-state index in [1.165, 1.54) is 0 Å². The normalized spacial score (nSPS) is 16.8. The van der Waals surface area contributed by atoms with E-state index in [1.54, 1.807) is 50.6 Å². The molecule has 4 rings (SSSR count). The predicted molar refractivity (Wildman–Crippen MR) is 122 cm³/mol. The molecular weight excluding hydrogens is 410 g/mol. The molecule has 1 saturated heterocycles. The lowest BCUT2D eigenvalue weighted by molar-refractivity contribution is -0.116. The predicted octanol–water partition coefficient (Wildman–Crippen LogP) is 3.82. The fourth-order valence-electron chi connectivity index (χ4n) is 3.93. The van der Waals surface area contributed by atoms with Crippen LogP contribution in [0.15, 0.2) is 41.4 Å². The van der Waals surface area contributed by atoms with Crippen molar-refractivity contribution < 1.29 is 23.8 Å². The molecule has 0 bridgehead atoms. The highest BCUT2D eigenvalue weighted by molar-refractivity contribution is 6.03. The van der Waals surface area contributed by atoms with Gasteiger partial charge in [0.05, 0.1) is 38.1 Å². The molecule has 1 fully saturated rings. The van der Waals surface area contributed by atoms with Crippen LogP contribution in [0.3, 0.4) is 0 Å². The first-order chi connectivity index (χ1) is 15.6. The first kappa shape index (κ1) is 21.7. The average Bonchev–Trinajstić information content (AvgIpc) is 3.24. The van der Waals surface area contributed by atoms with Gasteiger partial charge in [-0.2, -0.15) is 0 Å². The highest BCUT2D eigenvalue weighted by Gasteiger charge is 2.32. The molecule has 32 heavy (non-hydrogen) atoms. The van der Waals surface area contributed by atoms with Crippen molar-refractivity contribution in [2.24, 2.45) is 4.99 Å². The highest BCUT2D eigenvalue weighted by Crippen LogP contribution is 2.38. The molecule has 1 N–H and O–H groups in total. The van der Waals surface area contributed by atoms with Crippen molar-refractivity contribution in [2.75, 3.05) is 32.7 Å². The van der Waals surface area contributed by atoms with Crippen molar-refractivity contribution in [1.82, 2.24) is 4.90 Å². The van der Waals surface area contributed by atoms with E-state index < -0.39 is 0 Å². The van der Waals surface area contributed by atoms with Crippen LogP contribution >= 0.6 is 0 Å². The Labute approximate surface area is 187 Å². The number of hydrogen-bond donors (Lipinski definition) is 1. The number of nitrogens with zero attached hydrogens (tertiary/aromatic N) is 2. The molecule has 2 aromatic rings. The summed E-state index contributed by atoms with van der Waals surface area (Å²) in [5.41, 5.74) is 1.82. The number of anilines is 1. The largest absolute Gasteiger partial charge is 0.497 e. The van der Waals surface area contributed by atoms with Gasteiger partial charge in [-0.05, 0) is 49.6 Å². The van der Waals surface area contributed by atoms with E-state index in [9.17, 15) is 9.59 Å². The van der Waals surface area contributed by atoms with Gasteiger partial charge in [0, 0.05) is 30.9 Å². The second-order valence-corrected chi connectivity index (χ2v) is 7.74. The third-order valence-corrected chi connectivity index (χ3v) is 5.64. The van der Waals surface area contributed by atoms with Gasteiger partial charge in [-0.1, -0.05) is 0 Å². The topological polar surface area (TPSA) is 89.5 Å². The fourth-order valence-corrected chi connectivity index (χ4v) is 3.93. The van der Waals surface area contributed by atoms with Gasteiger partial charge in [0.1, 0.15) is 5.75 Å². The summed E-state index contributed by atoms with van der Waals surface area (Å²) < 4.78 is 16.4. The Hall–Kier alpha value is -3.55. The molecule has 2 amide bonds. The van der Waals surface area contributed by atoms with Crippen LogP contribution in [0, 0.1) is 0 Å². The lowest BCUT2D eigenvalue weighted by Crippen LogP contribution is -2.35. The van der Waals surface area contributed by atoms with Gasteiger partial charge in [-0.3, -0.25) is 14.6 Å². The van der Waals surface area contributed by atoms with E-state index in [0.29, 0.717) is 47.9 Å². The van der Waals surface area contributed by atoms with Crippen LogP contribution < -0.4 is 19.5 Å². The molecule has 0 aromatic heterocycles. The number of fused-ring (bicyclic) bond motifs is 2. The Morgan fingerprint density at radius 1 is 1.16 bits per heavy atom. The molecule has 2 aliphatic rings. The van der Waals surface area contributed by atoms with Gasteiger partial charge in [0.25, 0.3) is 5.91 Å². The maximum atomic E-state index is 12.9. The molecule has 168 valence electrons. The summed E-state index contributed by atoms with van der Waals surface area (Å²) in [7, 11) is 3.14. The van der Waals surface area contributed by atoms with Gasteiger partial charge in [0.15, 0.2) is 11.5 Å². The van der Waals surface area contributed by atoms with Gasteiger partial charge in [-0.15, -0.1) is 0 Å². The Kier molecular flexibility index (Phi) is 6.58. The van der Waals surface area contributed by atoms with Crippen molar-refractivity contribution in [3.05, 3.63) is 42.0 Å². The lowest BCUT2D eigenvalue weighted by atomic mass is 10.1. The van der Waals surface area contributed by atoms with Crippen molar-refractivity contribution in [3.8, 4) is 17.2 Å². The minimum Gasteiger partial charge on any atom is -0.497 e. The quantitative estimate of drug-likeness (QED) is 0.634. The summed E-state index contributed by atoms with van der Waals surface area (Å²) in [5.74, 6) is 1.60. The van der Waals surface area contributed by atoms with Crippen LogP contribution in [0.5, 0.6) is 17.2 Å². The summed E-state index contributed by atoms with van der Waals surface area (Å²) >= 11 is 0. The van der Waals surface area contributed by atoms with Crippen LogP contribution in [0.25, 0.3) is 0 Å². The summed E-state index contributed by atoms with van der Waals surface area (Å²) in [5, 5.41) is 2.85. The van der Waals surface area contributed by atoms with E-state index in [0.717, 1.165) is 25.1 Å². The third kappa shape index (κ3) is 4.69. The van der Waals surface area contributed by atoms with E-state index in [2.05, 4.69) is 10.3 Å². The average molecular weight is 437 g/mol. The molecular formula is C24H27N3O5. The first-order valence-electron chi connectivity index (χ1n) is 10.7. The van der Waals surface area contributed by atoms with Crippen LogP contribution in [0.2, 0.25) is 0 Å². The van der Waals surface area contributed by atoms with Crippen LogP contribution in [-0.2, 0) is 4.79 Å². The molecule has 0 unspecified atom stereocenters. The molecule has 1 atom stereocenters. The maximum Gasteiger partial charge on any atom is 0.256 e. The Morgan fingerprint density at radius 2 is 1.97 bits per heavy atom. The van der Waals surface area contributed by atoms with Gasteiger partial charge < -0.3 is 24.4 Å². The van der Waals surface area contributed by atoms with E-state index in [1.807, 2.05) is 11.1 Å². The van der Waals surface area contributed by atoms with Gasteiger partial charge in [0.2, 0.25) is 5.91 Å². The Balaban J connectivity index is 1.35. The number of ether oxygens (including phenoxy) is 3. The number of benzene rings is 2. The number of nitrogens with one attached hydrogen (secondary N) is 1. The monoisotopic (exact) mass is 437 g/mol. The van der Waals surface area contributed by atoms with Crippen molar-refractivity contribution in [3.63, 3.8) is 0 Å². The zero-order valence-electron chi connectivity index (χ0n) is 18.3. The SMILES string of the molecule is COc1ccc(NC(=O)CCCOc2cc3c(cc2OC)C(=O)N2CCC[C@H]2C=N3)cc1. The molecule has 0 saturated carbocycles. The fraction of sp³-hybridized carbons (Fsp3) is 0.375. The number of methoxy groups -OCH3 is 2. The Bertz CT molecular complexity index is 1020. The molecule has 0 aliphatic carbocycles. The van der Waals surface area contributed by atoms with Gasteiger partial charge in [-0.25, -0.2) is 0 Å². The van der Waals surface area contributed by atoms with E-state index in [-0.39, 0.29) is 17.9 Å². The van der Waals surface area contributed by atoms with E-state index in [4.69, 9.17) is 14.2 Å². The molecule has 2 aliphatic heterocycles. The molecule has 2 heterocycles.